The Morgan fingerprint density at radius 1 is 1.60 bits per heavy atom. The van der Waals surface area contributed by atoms with E-state index < -0.39 is 0 Å². The Kier molecular flexibility index (Phi) is 2.83. The number of nitrogens with one attached hydrogen (secondary N) is 1. The minimum Gasteiger partial charge on any atom is -0.497 e. The van der Waals surface area contributed by atoms with Crippen LogP contribution in [0.4, 0.5) is 0 Å². The van der Waals surface area contributed by atoms with Crippen molar-refractivity contribution in [3.8, 4) is 0 Å². The Morgan fingerprint density at radius 2 is 2.27 bits per heavy atom. The molecule has 0 heterocycles. The molecule has 0 saturated heterocycles. The molecule has 0 bridgehead atoms. The smallest absolute Gasteiger partial charge is 0.104 e. The Hall–Kier alpha value is -0.830. The Balaban J connectivity index is 1.83. The van der Waals surface area contributed by atoms with Crippen LogP contribution in [-0.2, 0) is 4.74 Å². The first-order chi connectivity index (χ1) is 7.15. The molecular formula is C12H20N2O. The van der Waals surface area contributed by atoms with Crippen molar-refractivity contribution in [3.63, 3.8) is 0 Å². The zero-order valence-electron chi connectivity index (χ0n) is 9.49. The number of allylic oxidation sites excluding steroid dienone is 2. The molecule has 0 aromatic rings. The molecule has 1 saturated carbocycles. The normalized spacial score (nSPS) is 28.6. The highest BCUT2D eigenvalue weighted by Gasteiger charge is 2.42. The van der Waals surface area contributed by atoms with Crippen molar-refractivity contribution in [2.45, 2.75) is 32.7 Å². The lowest BCUT2D eigenvalue weighted by molar-refractivity contribution is 0.196. The van der Waals surface area contributed by atoms with Crippen LogP contribution in [0.3, 0.4) is 0 Å². The first-order valence-corrected chi connectivity index (χ1v) is 5.74. The highest BCUT2D eigenvalue weighted by atomic mass is 16.5. The zero-order chi connectivity index (χ0) is 11.0. The minimum atomic E-state index is 0.0319. The van der Waals surface area contributed by atoms with Gasteiger partial charge in [0.05, 0.1) is 6.61 Å². The number of ether oxygens (including phenoxy) is 1. The molecule has 3 atom stereocenters. The van der Waals surface area contributed by atoms with E-state index in [1.54, 1.807) is 0 Å². The van der Waals surface area contributed by atoms with E-state index in [4.69, 9.17) is 15.9 Å². The molecule has 0 radical (unpaired) electrons. The topological polar surface area (TPSA) is 59.1 Å². The predicted octanol–water partition coefficient (Wildman–Crippen LogP) is 1.93. The summed E-state index contributed by atoms with van der Waals surface area (Å²) in [6.07, 6.45) is 4.10. The third kappa shape index (κ3) is 2.23. The van der Waals surface area contributed by atoms with E-state index in [-0.39, 0.29) is 12.0 Å². The first-order valence-electron chi connectivity index (χ1n) is 5.74. The van der Waals surface area contributed by atoms with Crippen molar-refractivity contribution in [1.29, 1.82) is 5.41 Å². The standard InChI is InChI=1S/C12H20N2O/c1-7-11(10(5-13)8(2)14)12(7)15-6-9-3-4-9/h5,8-11,13H,3-4,6,14H2,1-2H3. The average Bonchev–Trinajstić information content (AvgIpc) is 3.05. The van der Waals surface area contributed by atoms with E-state index in [0.29, 0.717) is 5.92 Å². The summed E-state index contributed by atoms with van der Waals surface area (Å²) in [7, 11) is 0. The third-order valence-corrected chi connectivity index (χ3v) is 3.41. The second kappa shape index (κ2) is 3.97. The molecule has 3 nitrogen and oxygen atoms in total. The van der Waals surface area contributed by atoms with Crippen LogP contribution in [0.5, 0.6) is 0 Å². The van der Waals surface area contributed by atoms with Crippen molar-refractivity contribution in [3.05, 3.63) is 11.3 Å². The number of hydrogen-bond donors (Lipinski definition) is 2. The maximum atomic E-state index is 7.38. The van der Waals surface area contributed by atoms with Crippen molar-refractivity contribution < 1.29 is 4.74 Å². The van der Waals surface area contributed by atoms with Gasteiger partial charge in [-0.15, -0.1) is 0 Å². The largest absolute Gasteiger partial charge is 0.497 e. The molecule has 15 heavy (non-hydrogen) atoms. The molecule has 3 heteroatoms. The maximum Gasteiger partial charge on any atom is 0.104 e. The second-order valence-electron chi connectivity index (χ2n) is 4.88. The van der Waals surface area contributed by atoms with Crippen LogP contribution in [0.15, 0.2) is 11.3 Å². The van der Waals surface area contributed by atoms with Crippen LogP contribution in [0, 0.1) is 23.2 Å². The summed E-state index contributed by atoms with van der Waals surface area (Å²) in [5, 5.41) is 7.38. The molecule has 2 aliphatic rings. The summed E-state index contributed by atoms with van der Waals surface area (Å²) >= 11 is 0. The van der Waals surface area contributed by atoms with Gasteiger partial charge in [-0.1, -0.05) is 0 Å². The molecule has 2 aliphatic carbocycles. The third-order valence-electron chi connectivity index (χ3n) is 3.41. The van der Waals surface area contributed by atoms with Gasteiger partial charge in [0.1, 0.15) is 5.76 Å². The van der Waals surface area contributed by atoms with Crippen LogP contribution >= 0.6 is 0 Å². The summed E-state index contributed by atoms with van der Waals surface area (Å²) in [4.78, 5) is 0. The maximum absolute atomic E-state index is 7.38. The van der Waals surface area contributed by atoms with E-state index in [0.717, 1.165) is 18.3 Å². The summed E-state index contributed by atoms with van der Waals surface area (Å²) in [6.45, 7) is 4.92. The molecule has 0 amide bonds. The van der Waals surface area contributed by atoms with E-state index in [1.165, 1.54) is 24.6 Å². The molecule has 2 rings (SSSR count). The minimum absolute atomic E-state index is 0.0319. The highest BCUT2D eigenvalue weighted by molar-refractivity contribution is 5.63. The van der Waals surface area contributed by atoms with E-state index in [9.17, 15) is 0 Å². The van der Waals surface area contributed by atoms with Gasteiger partial charge in [-0.05, 0) is 38.2 Å². The quantitative estimate of drug-likeness (QED) is 0.655. The lowest BCUT2D eigenvalue weighted by Gasteiger charge is -2.16. The van der Waals surface area contributed by atoms with Crippen LogP contribution in [-0.4, -0.2) is 18.9 Å². The molecule has 0 spiro atoms. The van der Waals surface area contributed by atoms with Gasteiger partial charge in [0, 0.05) is 24.1 Å². The number of nitrogens with two attached hydrogens (primary N) is 1. The number of rotatable bonds is 6. The first kappa shape index (κ1) is 10.7. The van der Waals surface area contributed by atoms with Crippen LogP contribution in [0.25, 0.3) is 0 Å². The van der Waals surface area contributed by atoms with Crippen LogP contribution in [0.1, 0.15) is 26.7 Å². The fourth-order valence-corrected chi connectivity index (χ4v) is 2.04. The van der Waals surface area contributed by atoms with Gasteiger partial charge >= 0.3 is 0 Å². The molecule has 3 N–H and O–H groups in total. The van der Waals surface area contributed by atoms with Gasteiger partial charge in [-0.2, -0.15) is 0 Å². The van der Waals surface area contributed by atoms with Crippen LogP contribution in [0.2, 0.25) is 0 Å². The molecule has 0 aliphatic heterocycles. The Bertz CT molecular complexity index is 292. The number of hydrogen-bond acceptors (Lipinski definition) is 3. The molecule has 1 fully saturated rings. The fraction of sp³-hybridized carbons (Fsp3) is 0.750. The van der Waals surface area contributed by atoms with Crippen molar-refractivity contribution >= 4 is 6.21 Å². The summed E-state index contributed by atoms with van der Waals surface area (Å²) < 4.78 is 5.76. The lowest BCUT2D eigenvalue weighted by atomic mass is 9.94. The summed E-state index contributed by atoms with van der Waals surface area (Å²) in [6, 6.07) is 0.0319. The lowest BCUT2D eigenvalue weighted by Crippen LogP contribution is -2.30. The van der Waals surface area contributed by atoms with Crippen LogP contribution < -0.4 is 5.73 Å². The van der Waals surface area contributed by atoms with E-state index >= 15 is 0 Å². The molecule has 0 aromatic heterocycles. The van der Waals surface area contributed by atoms with E-state index in [1.807, 2.05) is 6.92 Å². The van der Waals surface area contributed by atoms with Gasteiger partial charge in [0.25, 0.3) is 0 Å². The Labute approximate surface area is 91.2 Å². The summed E-state index contributed by atoms with van der Waals surface area (Å²) in [5.41, 5.74) is 7.14. The van der Waals surface area contributed by atoms with Crippen molar-refractivity contribution in [2.24, 2.45) is 23.5 Å². The SMILES string of the molecule is CC1=C(OCC2CC2)C1C(C=N)C(C)N. The molecule has 3 unspecified atom stereocenters. The molecular weight excluding hydrogens is 188 g/mol. The van der Waals surface area contributed by atoms with Gasteiger partial charge < -0.3 is 15.9 Å². The highest BCUT2D eigenvalue weighted by Crippen LogP contribution is 2.46. The van der Waals surface area contributed by atoms with Gasteiger partial charge in [0.2, 0.25) is 0 Å². The van der Waals surface area contributed by atoms with Crippen molar-refractivity contribution in [2.75, 3.05) is 6.61 Å². The predicted molar refractivity (Wildman–Crippen MR) is 60.8 cm³/mol. The fourth-order valence-electron chi connectivity index (χ4n) is 2.04. The van der Waals surface area contributed by atoms with Gasteiger partial charge in [0.15, 0.2) is 0 Å². The average molecular weight is 208 g/mol. The van der Waals surface area contributed by atoms with Crippen molar-refractivity contribution in [1.82, 2.24) is 0 Å². The summed E-state index contributed by atoms with van der Waals surface area (Å²) in [5.74, 6) is 2.34. The second-order valence-corrected chi connectivity index (χ2v) is 4.88. The van der Waals surface area contributed by atoms with E-state index in [2.05, 4.69) is 6.92 Å². The van der Waals surface area contributed by atoms with Gasteiger partial charge in [-0.3, -0.25) is 0 Å². The molecule has 84 valence electrons. The zero-order valence-corrected chi connectivity index (χ0v) is 9.49. The Morgan fingerprint density at radius 3 is 2.73 bits per heavy atom. The molecule has 0 aromatic carbocycles. The monoisotopic (exact) mass is 208 g/mol. The van der Waals surface area contributed by atoms with Gasteiger partial charge in [-0.25, -0.2) is 0 Å².